The van der Waals surface area contributed by atoms with Gasteiger partial charge in [0.2, 0.25) is 0 Å². The van der Waals surface area contributed by atoms with Gasteiger partial charge in [-0.15, -0.1) is 0 Å². The Labute approximate surface area is 164 Å². The van der Waals surface area contributed by atoms with Gasteiger partial charge in [0.25, 0.3) is 0 Å². The summed E-state index contributed by atoms with van der Waals surface area (Å²) in [5.74, 6) is 0. The average Bonchev–Trinajstić information content (AvgIpc) is 3.06. The Morgan fingerprint density at radius 2 is 1.18 bits per heavy atom. The van der Waals surface area contributed by atoms with E-state index < -0.39 is 0 Å². The Morgan fingerprint density at radius 3 is 2.00 bits per heavy atom. The maximum absolute atomic E-state index is 2.49. The maximum Gasteiger partial charge on any atom is 0.0783 e. The number of nitrogens with zero attached hydrogens (tertiary/aromatic N) is 2. The van der Waals surface area contributed by atoms with Gasteiger partial charge in [0, 0.05) is 16.5 Å². The highest BCUT2D eigenvalue weighted by molar-refractivity contribution is 6.17. The third-order valence-electron chi connectivity index (χ3n) is 5.93. The molecule has 0 bridgehead atoms. The van der Waals surface area contributed by atoms with Crippen LogP contribution in [0.3, 0.4) is 0 Å². The van der Waals surface area contributed by atoms with Crippen molar-refractivity contribution < 1.29 is 0 Å². The Bertz CT molecular complexity index is 1380. The van der Waals surface area contributed by atoms with E-state index in [1.165, 1.54) is 55.7 Å². The molecule has 0 amide bonds. The highest BCUT2D eigenvalue weighted by atomic mass is 15.2. The number of hydrogen-bond acceptors (Lipinski definition) is 1. The van der Waals surface area contributed by atoms with Crippen LogP contribution in [0.4, 0.5) is 17.1 Å². The second-order valence-corrected chi connectivity index (χ2v) is 7.59. The second-order valence-electron chi connectivity index (χ2n) is 7.59. The Kier molecular flexibility index (Phi) is 3.05. The molecule has 0 fully saturated rings. The molecule has 0 aliphatic carbocycles. The molecule has 28 heavy (non-hydrogen) atoms. The number of anilines is 3. The fraction of sp³-hybridized carbons (Fsp3) is 0.0769. The number of aromatic nitrogens is 1. The van der Waals surface area contributed by atoms with Crippen molar-refractivity contribution in [2.45, 2.75) is 13.8 Å². The molecule has 5 aromatic rings. The first-order valence-corrected chi connectivity index (χ1v) is 9.73. The molecule has 0 saturated carbocycles. The van der Waals surface area contributed by atoms with Crippen LogP contribution in [0.15, 0.2) is 84.9 Å². The Balaban J connectivity index is 1.89. The lowest BCUT2D eigenvalue weighted by molar-refractivity contribution is 1.09. The van der Waals surface area contributed by atoms with Crippen LogP contribution < -0.4 is 4.90 Å². The molecule has 2 heteroatoms. The molecule has 2 heterocycles. The van der Waals surface area contributed by atoms with E-state index in [-0.39, 0.29) is 0 Å². The summed E-state index contributed by atoms with van der Waals surface area (Å²) in [7, 11) is 0. The van der Waals surface area contributed by atoms with Gasteiger partial charge in [-0.3, -0.25) is 0 Å². The van der Waals surface area contributed by atoms with Crippen molar-refractivity contribution in [3.05, 3.63) is 96.1 Å². The first-order chi connectivity index (χ1) is 13.8. The smallest absolute Gasteiger partial charge is 0.0783 e. The van der Waals surface area contributed by atoms with Gasteiger partial charge in [0.15, 0.2) is 0 Å². The number of hydrogen-bond donors (Lipinski definition) is 0. The van der Waals surface area contributed by atoms with E-state index in [1.54, 1.807) is 0 Å². The van der Waals surface area contributed by atoms with Crippen LogP contribution in [0.1, 0.15) is 11.1 Å². The molecule has 0 spiro atoms. The van der Waals surface area contributed by atoms with E-state index in [1.807, 2.05) is 0 Å². The van der Waals surface area contributed by atoms with Crippen LogP contribution in [-0.2, 0) is 0 Å². The SMILES string of the molecule is Cc1cccc2c1-n1c3c(C)cccc3c3cccc(c31)N2c1ccccc1. The van der Waals surface area contributed by atoms with E-state index >= 15 is 0 Å². The predicted octanol–water partition coefficient (Wildman–Crippen LogP) is 7.18. The van der Waals surface area contributed by atoms with Crippen molar-refractivity contribution in [3.63, 3.8) is 0 Å². The number of benzene rings is 4. The molecule has 1 aliphatic rings. The van der Waals surface area contributed by atoms with Gasteiger partial charge in [-0.2, -0.15) is 0 Å². The summed E-state index contributed by atoms with van der Waals surface area (Å²) in [6.45, 7) is 4.43. The summed E-state index contributed by atoms with van der Waals surface area (Å²) in [6, 6.07) is 30.6. The summed E-state index contributed by atoms with van der Waals surface area (Å²) in [5, 5.41) is 2.63. The quantitative estimate of drug-likeness (QED) is 0.301. The highest BCUT2D eigenvalue weighted by Crippen LogP contribution is 2.50. The van der Waals surface area contributed by atoms with Crippen LogP contribution in [0, 0.1) is 13.8 Å². The number of rotatable bonds is 1. The van der Waals surface area contributed by atoms with Gasteiger partial charge in [0.1, 0.15) is 0 Å². The molecular weight excluding hydrogens is 340 g/mol. The second kappa shape index (κ2) is 5.49. The lowest BCUT2D eigenvalue weighted by Gasteiger charge is -2.34. The van der Waals surface area contributed by atoms with Crippen molar-refractivity contribution in [2.75, 3.05) is 4.90 Å². The van der Waals surface area contributed by atoms with Gasteiger partial charge in [-0.1, -0.05) is 60.7 Å². The number of aryl methyl sites for hydroxylation is 2. The number of fused-ring (bicyclic) bond motifs is 5. The van der Waals surface area contributed by atoms with Crippen LogP contribution in [0.25, 0.3) is 27.5 Å². The Morgan fingerprint density at radius 1 is 0.536 bits per heavy atom. The summed E-state index contributed by atoms with van der Waals surface area (Å²) >= 11 is 0. The maximum atomic E-state index is 2.49. The fourth-order valence-corrected chi connectivity index (χ4v) is 4.77. The van der Waals surface area contributed by atoms with Crippen molar-refractivity contribution in [2.24, 2.45) is 0 Å². The van der Waals surface area contributed by atoms with Crippen LogP contribution in [0.2, 0.25) is 0 Å². The van der Waals surface area contributed by atoms with E-state index in [4.69, 9.17) is 0 Å². The number of para-hydroxylation sites is 4. The third-order valence-corrected chi connectivity index (χ3v) is 5.93. The van der Waals surface area contributed by atoms with E-state index in [9.17, 15) is 0 Å². The van der Waals surface area contributed by atoms with Crippen molar-refractivity contribution in [3.8, 4) is 5.69 Å². The standard InChI is InChI=1S/C26H20N2/c1-17-9-6-13-20-21-14-8-16-23-26(21)28(24(17)20)25-18(2)10-7-15-22(25)27(23)19-11-4-3-5-12-19/h3-16H,1-2H3. The summed E-state index contributed by atoms with van der Waals surface area (Å²) in [6.07, 6.45) is 0. The molecule has 2 nitrogen and oxygen atoms in total. The van der Waals surface area contributed by atoms with Crippen LogP contribution in [0.5, 0.6) is 0 Å². The summed E-state index contributed by atoms with van der Waals surface area (Å²) in [5.41, 5.74) is 10.1. The van der Waals surface area contributed by atoms with Gasteiger partial charge in [-0.05, 0) is 49.2 Å². The van der Waals surface area contributed by atoms with E-state index in [0.717, 1.165) is 0 Å². The summed E-state index contributed by atoms with van der Waals surface area (Å²) < 4.78 is 2.49. The fourth-order valence-electron chi connectivity index (χ4n) is 4.77. The molecule has 1 aliphatic heterocycles. The molecule has 0 radical (unpaired) electrons. The van der Waals surface area contributed by atoms with Crippen molar-refractivity contribution in [1.29, 1.82) is 0 Å². The molecular formula is C26H20N2. The lowest BCUT2D eigenvalue weighted by atomic mass is 10.0. The first kappa shape index (κ1) is 15.5. The molecule has 0 N–H and O–H groups in total. The monoisotopic (exact) mass is 360 g/mol. The zero-order valence-electron chi connectivity index (χ0n) is 16.0. The molecule has 1 aromatic heterocycles. The first-order valence-electron chi connectivity index (χ1n) is 9.73. The van der Waals surface area contributed by atoms with Gasteiger partial charge >= 0.3 is 0 Å². The molecule has 6 rings (SSSR count). The molecule has 0 saturated heterocycles. The molecule has 0 unspecified atom stereocenters. The van der Waals surface area contributed by atoms with Crippen molar-refractivity contribution >= 4 is 38.9 Å². The van der Waals surface area contributed by atoms with E-state index in [0.29, 0.717) is 0 Å². The minimum Gasteiger partial charge on any atom is -0.306 e. The van der Waals surface area contributed by atoms with Crippen LogP contribution in [-0.4, -0.2) is 4.57 Å². The Hall–Kier alpha value is -3.52. The summed E-state index contributed by atoms with van der Waals surface area (Å²) in [4.78, 5) is 2.40. The lowest BCUT2D eigenvalue weighted by Crippen LogP contribution is -2.19. The largest absolute Gasteiger partial charge is 0.306 e. The molecule has 134 valence electrons. The topological polar surface area (TPSA) is 8.17 Å². The molecule has 0 atom stereocenters. The van der Waals surface area contributed by atoms with E-state index in [2.05, 4.69) is 108 Å². The average molecular weight is 360 g/mol. The van der Waals surface area contributed by atoms with Crippen molar-refractivity contribution in [1.82, 2.24) is 4.57 Å². The normalized spacial score (nSPS) is 12.6. The van der Waals surface area contributed by atoms with Crippen LogP contribution >= 0.6 is 0 Å². The molecule has 4 aromatic carbocycles. The predicted molar refractivity (Wildman–Crippen MR) is 118 cm³/mol. The zero-order valence-corrected chi connectivity index (χ0v) is 16.0. The van der Waals surface area contributed by atoms with Gasteiger partial charge in [0.05, 0.1) is 28.1 Å². The van der Waals surface area contributed by atoms with Gasteiger partial charge < -0.3 is 9.47 Å². The minimum atomic E-state index is 1.19. The minimum absolute atomic E-state index is 1.19. The zero-order chi connectivity index (χ0) is 18.8. The highest BCUT2D eigenvalue weighted by Gasteiger charge is 2.29. The third kappa shape index (κ3) is 1.87. The van der Waals surface area contributed by atoms with Gasteiger partial charge in [-0.25, -0.2) is 0 Å².